The molecule has 4 rings (SSSR count). The van der Waals surface area contributed by atoms with Gasteiger partial charge in [-0.3, -0.25) is 4.79 Å². The second-order valence-electron chi connectivity index (χ2n) is 6.47. The summed E-state index contributed by atoms with van der Waals surface area (Å²) in [4.78, 5) is 21.3. The van der Waals surface area contributed by atoms with Gasteiger partial charge in [-0.15, -0.1) is 11.3 Å². The van der Waals surface area contributed by atoms with Gasteiger partial charge in [-0.05, 0) is 62.5 Å². The fourth-order valence-electron chi connectivity index (χ4n) is 3.56. The molecule has 3 aromatic rings. The summed E-state index contributed by atoms with van der Waals surface area (Å²) in [5, 5.41) is 8.49. The van der Waals surface area contributed by atoms with Gasteiger partial charge < -0.3 is 10.6 Å². The SMILES string of the molecule is CNC1CCC(Nc2ncnc3sc4ccc(C(=O)Cl)cc4c23)CC1. The molecule has 1 saturated carbocycles. The maximum Gasteiger partial charge on any atom is 0.252 e. The highest BCUT2D eigenvalue weighted by atomic mass is 35.5. The number of thiophene rings is 1. The molecule has 0 amide bonds. The van der Waals surface area contributed by atoms with Crippen LogP contribution < -0.4 is 10.6 Å². The summed E-state index contributed by atoms with van der Waals surface area (Å²) < 4.78 is 1.08. The van der Waals surface area contributed by atoms with Crippen LogP contribution >= 0.6 is 22.9 Å². The number of hydrogen-bond acceptors (Lipinski definition) is 6. The Bertz CT molecular complexity index is 933. The van der Waals surface area contributed by atoms with Crippen molar-refractivity contribution in [3.8, 4) is 0 Å². The zero-order valence-corrected chi connectivity index (χ0v) is 15.5. The lowest BCUT2D eigenvalue weighted by Gasteiger charge is -2.29. The van der Waals surface area contributed by atoms with Crippen LogP contribution in [0.4, 0.5) is 5.82 Å². The van der Waals surface area contributed by atoms with E-state index >= 15 is 0 Å². The fourth-order valence-corrected chi connectivity index (χ4v) is 4.70. The molecule has 1 aliphatic carbocycles. The van der Waals surface area contributed by atoms with E-state index < -0.39 is 5.24 Å². The Morgan fingerprint density at radius 2 is 1.96 bits per heavy atom. The molecule has 0 radical (unpaired) electrons. The molecule has 2 aromatic heterocycles. The molecular formula is C18H19ClN4OS. The number of rotatable bonds is 4. The molecule has 130 valence electrons. The van der Waals surface area contributed by atoms with E-state index in [1.807, 2.05) is 19.2 Å². The number of nitrogens with zero attached hydrogens (tertiary/aromatic N) is 2. The number of nitrogens with one attached hydrogen (secondary N) is 2. The number of carbonyl (C=O) groups excluding carboxylic acids is 1. The van der Waals surface area contributed by atoms with Crippen LogP contribution in [0.5, 0.6) is 0 Å². The zero-order valence-electron chi connectivity index (χ0n) is 13.9. The van der Waals surface area contributed by atoms with Crippen LogP contribution in [0, 0.1) is 0 Å². The molecular weight excluding hydrogens is 356 g/mol. The second kappa shape index (κ2) is 6.86. The summed E-state index contributed by atoms with van der Waals surface area (Å²) in [5.41, 5.74) is 0.498. The van der Waals surface area contributed by atoms with Crippen LogP contribution in [0.2, 0.25) is 0 Å². The topological polar surface area (TPSA) is 66.9 Å². The molecule has 0 spiro atoms. The number of fused-ring (bicyclic) bond motifs is 3. The van der Waals surface area contributed by atoms with Gasteiger partial charge in [0.05, 0.1) is 5.39 Å². The minimum absolute atomic E-state index is 0.412. The molecule has 25 heavy (non-hydrogen) atoms. The first-order valence-electron chi connectivity index (χ1n) is 8.46. The molecule has 0 bridgehead atoms. The van der Waals surface area contributed by atoms with E-state index in [0.29, 0.717) is 17.6 Å². The summed E-state index contributed by atoms with van der Waals surface area (Å²) in [7, 11) is 2.03. The van der Waals surface area contributed by atoms with E-state index in [4.69, 9.17) is 11.6 Å². The number of aromatic nitrogens is 2. The standard InChI is InChI=1S/C18H19ClN4OS/c1-20-11-3-5-12(6-4-11)23-17-15-13-8-10(16(19)24)2-7-14(13)25-18(15)22-9-21-17/h2,7-9,11-12,20H,3-6H2,1H3,(H,21,22,23). The van der Waals surface area contributed by atoms with Gasteiger partial charge in [-0.1, -0.05) is 0 Å². The average molecular weight is 375 g/mol. The third-order valence-corrected chi connectivity index (χ3v) is 6.27. The largest absolute Gasteiger partial charge is 0.367 e. The number of halogens is 1. The monoisotopic (exact) mass is 374 g/mol. The first kappa shape index (κ1) is 16.7. The molecule has 7 heteroatoms. The first-order chi connectivity index (χ1) is 12.2. The molecule has 1 fully saturated rings. The molecule has 1 aromatic carbocycles. The Morgan fingerprint density at radius 3 is 2.68 bits per heavy atom. The van der Waals surface area contributed by atoms with Gasteiger partial charge in [-0.2, -0.15) is 0 Å². The highest BCUT2D eigenvalue weighted by Gasteiger charge is 2.22. The Morgan fingerprint density at radius 1 is 1.20 bits per heavy atom. The predicted molar refractivity (Wildman–Crippen MR) is 104 cm³/mol. The third kappa shape index (κ3) is 3.21. The fraction of sp³-hybridized carbons (Fsp3) is 0.389. The van der Waals surface area contributed by atoms with Gasteiger partial charge in [0.1, 0.15) is 17.0 Å². The van der Waals surface area contributed by atoms with Crippen molar-refractivity contribution in [3.05, 3.63) is 30.1 Å². The number of carbonyl (C=O) groups is 1. The zero-order chi connectivity index (χ0) is 17.4. The number of hydrogen-bond donors (Lipinski definition) is 2. The number of benzene rings is 1. The minimum Gasteiger partial charge on any atom is -0.367 e. The van der Waals surface area contributed by atoms with Gasteiger partial charge in [0, 0.05) is 27.7 Å². The lowest BCUT2D eigenvalue weighted by molar-refractivity contribution is 0.108. The van der Waals surface area contributed by atoms with Crippen LogP contribution in [0.3, 0.4) is 0 Å². The third-order valence-electron chi connectivity index (χ3n) is 4.97. The van der Waals surface area contributed by atoms with Crippen molar-refractivity contribution in [1.82, 2.24) is 15.3 Å². The molecule has 0 atom stereocenters. The molecule has 1 aliphatic rings. The quantitative estimate of drug-likeness (QED) is 0.671. The Kier molecular flexibility index (Phi) is 4.58. The van der Waals surface area contributed by atoms with Crippen molar-refractivity contribution in [3.63, 3.8) is 0 Å². The van der Waals surface area contributed by atoms with Gasteiger partial charge in [-0.25, -0.2) is 9.97 Å². The maximum atomic E-state index is 11.5. The predicted octanol–water partition coefficient (Wildman–Crippen LogP) is 4.17. The van der Waals surface area contributed by atoms with E-state index in [1.54, 1.807) is 23.7 Å². The van der Waals surface area contributed by atoms with Crippen molar-refractivity contribution in [2.24, 2.45) is 0 Å². The molecule has 2 N–H and O–H groups in total. The van der Waals surface area contributed by atoms with Crippen molar-refractivity contribution in [2.75, 3.05) is 12.4 Å². The van der Waals surface area contributed by atoms with Crippen LogP contribution in [-0.4, -0.2) is 34.3 Å². The van der Waals surface area contributed by atoms with Gasteiger partial charge in [0.15, 0.2) is 0 Å². The Balaban J connectivity index is 1.72. The Hall–Kier alpha value is -1.76. The summed E-state index contributed by atoms with van der Waals surface area (Å²) in [6, 6.07) is 6.56. The summed E-state index contributed by atoms with van der Waals surface area (Å²) >= 11 is 7.26. The lowest BCUT2D eigenvalue weighted by atomic mass is 9.91. The summed E-state index contributed by atoms with van der Waals surface area (Å²) in [6.45, 7) is 0. The van der Waals surface area contributed by atoms with Crippen LogP contribution in [0.15, 0.2) is 24.5 Å². The van der Waals surface area contributed by atoms with Crippen molar-refractivity contribution >= 4 is 54.3 Å². The molecule has 5 nitrogen and oxygen atoms in total. The van der Waals surface area contributed by atoms with Crippen LogP contribution in [0.25, 0.3) is 20.3 Å². The summed E-state index contributed by atoms with van der Waals surface area (Å²) in [5.74, 6) is 0.850. The lowest BCUT2D eigenvalue weighted by Crippen LogP contribution is -2.35. The van der Waals surface area contributed by atoms with Crippen molar-refractivity contribution < 1.29 is 4.79 Å². The second-order valence-corrected chi connectivity index (χ2v) is 7.84. The highest BCUT2D eigenvalue weighted by molar-refractivity contribution is 7.25. The Labute approximate surface area is 154 Å². The molecule has 0 unspecified atom stereocenters. The van der Waals surface area contributed by atoms with Crippen molar-refractivity contribution in [1.29, 1.82) is 0 Å². The molecule has 2 heterocycles. The van der Waals surface area contributed by atoms with E-state index in [-0.39, 0.29) is 0 Å². The van der Waals surface area contributed by atoms with Crippen LogP contribution in [-0.2, 0) is 0 Å². The normalized spacial score (nSPS) is 20.9. The smallest absolute Gasteiger partial charge is 0.252 e. The first-order valence-corrected chi connectivity index (χ1v) is 9.66. The van der Waals surface area contributed by atoms with Crippen LogP contribution in [0.1, 0.15) is 36.0 Å². The number of anilines is 1. The average Bonchev–Trinajstić information content (AvgIpc) is 3.01. The van der Waals surface area contributed by atoms with E-state index in [9.17, 15) is 4.79 Å². The van der Waals surface area contributed by atoms with Crippen molar-refractivity contribution in [2.45, 2.75) is 37.8 Å². The maximum absolute atomic E-state index is 11.5. The van der Waals surface area contributed by atoms with Gasteiger partial charge >= 0.3 is 0 Å². The molecule has 0 aliphatic heterocycles. The molecule has 0 saturated heterocycles. The minimum atomic E-state index is -0.446. The van der Waals surface area contributed by atoms with Gasteiger partial charge in [0.25, 0.3) is 5.24 Å². The van der Waals surface area contributed by atoms with E-state index in [2.05, 4.69) is 20.6 Å². The highest BCUT2D eigenvalue weighted by Crippen LogP contribution is 2.37. The van der Waals surface area contributed by atoms with Gasteiger partial charge in [0.2, 0.25) is 0 Å². The van der Waals surface area contributed by atoms with E-state index in [0.717, 1.165) is 51.8 Å². The van der Waals surface area contributed by atoms with E-state index in [1.165, 1.54) is 0 Å². The summed E-state index contributed by atoms with van der Waals surface area (Å²) in [6.07, 6.45) is 6.16.